The van der Waals surface area contributed by atoms with Crippen molar-refractivity contribution in [3.63, 3.8) is 0 Å². The van der Waals surface area contributed by atoms with Crippen molar-refractivity contribution in [2.75, 3.05) is 12.0 Å². The Balaban J connectivity index is 2.19. The third kappa shape index (κ3) is 3.13. The smallest absolute Gasteiger partial charge is 0.0550 e. The Labute approximate surface area is 113 Å². The highest BCUT2D eigenvalue weighted by Gasteiger charge is 2.08. The normalized spacial score (nSPS) is 12.3. The molecule has 0 saturated carbocycles. The second-order valence-electron chi connectivity index (χ2n) is 4.16. The molecule has 0 radical (unpaired) electrons. The van der Waals surface area contributed by atoms with Crippen LogP contribution in [-0.4, -0.2) is 12.0 Å². The molecule has 0 aliphatic rings. The van der Waals surface area contributed by atoms with E-state index >= 15 is 0 Å². The van der Waals surface area contributed by atoms with Crippen molar-refractivity contribution in [2.24, 2.45) is 5.84 Å². The third-order valence-electron chi connectivity index (χ3n) is 2.95. The van der Waals surface area contributed by atoms with Crippen LogP contribution in [0.25, 0.3) is 11.1 Å². The van der Waals surface area contributed by atoms with E-state index in [1.165, 1.54) is 16.7 Å². The van der Waals surface area contributed by atoms with Gasteiger partial charge in [-0.1, -0.05) is 54.6 Å². The van der Waals surface area contributed by atoms with E-state index in [9.17, 15) is 0 Å². The maximum Gasteiger partial charge on any atom is 0.0550 e. The van der Waals surface area contributed by atoms with Gasteiger partial charge in [0, 0.05) is 5.75 Å². The second-order valence-corrected chi connectivity index (χ2v) is 5.07. The van der Waals surface area contributed by atoms with Crippen molar-refractivity contribution in [3.8, 4) is 11.1 Å². The molecule has 0 amide bonds. The van der Waals surface area contributed by atoms with E-state index in [0.717, 1.165) is 5.75 Å². The maximum absolute atomic E-state index is 5.58. The van der Waals surface area contributed by atoms with E-state index in [0.29, 0.717) is 0 Å². The monoisotopic (exact) mass is 258 g/mol. The predicted molar refractivity (Wildman–Crippen MR) is 80.3 cm³/mol. The number of thioether (sulfide) groups is 1. The zero-order valence-corrected chi connectivity index (χ0v) is 11.3. The molecular formula is C15H18N2S. The van der Waals surface area contributed by atoms with Gasteiger partial charge >= 0.3 is 0 Å². The number of hydrogen-bond donors (Lipinski definition) is 2. The summed E-state index contributed by atoms with van der Waals surface area (Å²) >= 11 is 1.79. The summed E-state index contributed by atoms with van der Waals surface area (Å²) in [7, 11) is 0. The maximum atomic E-state index is 5.58. The van der Waals surface area contributed by atoms with Gasteiger partial charge in [-0.2, -0.15) is 11.8 Å². The molecule has 1 atom stereocenters. The summed E-state index contributed by atoms with van der Waals surface area (Å²) in [6.07, 6.45) is 2.09. The number of rotatable bonds is 5. The lowest BCUT2D eigenvalue weighted by atomic mass is 10.0. The van der Waals surface area contributed by atoms with Crippen molar-refractivity contribution in [1.29, 1.82) is 0 Å². The molecule has 2 aromatic carbocycles. The van der Waals surface area contributed by atoms with Crippen LogP contribution in [0.2, 0.25) is 0 Å². The zero-order chi connectivity index (χ0) is 12.8. The molecule has 0 fully saturated rings. The SMILES string of the molecule is CSCC(NN)c1ccc(-c2ccccc2)cc1. The Kier molecular flexibility index (Phi) is 4.81. The van der Waals surface area contributed by atoms with Crippen LogP contribution in [0, 0.1) is 0 Å². The molecule has 18 heavy (non-hydrogen) atoms. The van der Waals surface area contributed by atoms with Crippen molar-refractivity contribution in [3.05, 3.63) is 60.2 Å². The molecule has 2 nitrogen and oxygen atoms in total. The molecule has 0 heterocycles. The molecule has 3 N–H and O–H groups in total. The molecule has 2 rings (SSSR count). The van der Waals surface area contributed by atoms with Crippen LogP contribution >= 0.6 is 11.8 Å². The minimum Gasteiger partial charge on any atom is -0.271 e. The number of hydrazine groups is 1. The lowest BCUT2D eigenvalue weighted by molar-refractivity contribution is 0.611. The molecular weight excluding hydrogens is 240 g/mol. The Morgan fingerprint density at radius 3 is 2.17 bits per heavy atom. The zero-order valence-electron chi connectivity index (χ0n) is 10.5. The van der Waals surface area contributed by atoms with E-state index in [1.54, 1.807) is 11.8 Å². The molecule has 94 valence electrons. The molecule has 2 aromatic rings. The van der Waals surface area contributed by atoms with Crippen LogP contribution in [0.4, 0.5) is 0 Å². The summed E-state index contributed by atoms with van der Waals surface area (Å²) in [4.78, 5) is 0. The first kappa shape index (κ1) is 13.1. The van der Waals surface area contributed by atoms with E-state index in [1.807, 2.05) is 6.07 Å². The lowest BCUT2D eigenvalue weighted by Crippen LogP contribution is -2.29. The van der Waals surface area contributed by atoms with Crippen molar-refractivity contribution >= 4 is 11.8 Å². The Morgan fingerprint density at radius 1 is 1.00 bits per heavy atom. The largest absolute Gasteiger partial charge is 0.271 e. The second kappa shape index (κ2) is 6.59. The van der Waals surface area contributed by atoms with Gasteiger partial charge in [-0.05, 0) is 22.9 Å². The summed E-state index contributed by atoms with van der Waals surface area (Å²) in [6, 6.07) is 19.2. The molecule has 0 aliphatic heterocycles. The van der Waals surface area contributed by atoms with Gasteiger partial charge in [-0.15, -0.1) is 0 Å². The number of hydrogen-bond acceptors (Lipinski definition) is 3. The average Bonchev–Trinajstić information content (AvgIpc) is 2.46. The number of nitrogens with one attached hydrogen (secondary N) is 1. The first-order valence-corrected chi connectivity index (χ1v) is 7.35. The van der Waals surface area contributed by atoms with E-state index in [2.05, 4.69) is 60.2 Å². The molecule has 0 bridgehead atoms. The molecule has 1 unspecified atom stereocenters. The highest BCUT2D eigenvalue weighted by molar-refractivity contribution is 7.98. The Morgan fingerprint density at radius 2 is 1.61 bits per heavy atom. The minimum atomic E-state index is 0.213. The van der Waals surface area contributed by atoms with Gasteiger partial charge in [-0.25, -0.2) is 0 Å². The Bertz CT molecular complexity index is 468. The lowest BCUT2D eigenvalue weighted by Gasteiger charge is -2.15. The van der Waals surface area contributed by atoms with Crippen molar-refractivity contribution in [2.45, 2.75) is 6.04 Å². The highest BCUT2D eigenvalue weighted by atomic mass is 32.2. The Hall–Kier alpha value is -1.29. The van der Waals surface area contributed by atoms with Gasteiger partial charge in [-0.3, -0.25) is 11.3 Å². The van der Waals surface area contributed by atoms with Gasteiger partial charge in [0.2, 0.25) is 0 Å². The number of nitrogens with two attached hydrogens (primary N) is 1. The third-order valence-corrected chi connectivity index (χ3v) is 3.62. The first-order chi connectivity index (χ1) is 8.85. The topological polar surface area (TPSA) is 38.0 Å². The van der Waals surface area contributed by atoms with Crippen LogP contribution in [-0.2, 0) is 0 Å². The van der Waals surface area contributed by atoms with Gasteiger partial charge in [0.25, 0.3) is 0 Å². The van der Waals surface area contributed by atoms with Crippen molar-refractivity contribution in [1.82, 2.24) is 5.43 Å². The quantitative estimate of drug-likeness (QED) is 0.639. The van der Waals surface area contributed by atoms with Gasteiger partial charge in [0.1, 0.15) is 0 Å². The van der Waals surface area contributed by atoms with Crippen LogP contribution in [0.1, 0.15) is 11.6 Å². The van der Waals surface area contributed by atoms with Gasteiger partial charge < -0.3 is 0 Å². The van der Waals surface area contributed by atoms with E-state index < -0.39 is 0 Å². The molecule has 0 saturated heterocycles. The fraction of sp³-hybridized carbons (Fsp3) is 0.200. The van der Waals surface area contributed by atoms with Crippen LogP contribution < -0.4 is 11.3 Å². The predicted octanol–water partition coefficient (Wildman–Crippen LogP) is 3.22. The molecule has 3 heteroatoms. The van der Waals surface area contributed by atoms with Crippen LogP contribution in [0.3, 0.4) is 0 Å². The number of benzene rings is 2. The van der Waals surface area contributed by atoms with Crippen LogP contribution in [0.5, 0.6) is 0 Å². The minimum absolute atomic E-state index is 0.213. The fourth-order valence-corrected chi connectivity index (χ4v) is 2.57. The average molecular weight is 258 g/mol. The first-order valence-electron chi connectivity index (χ1n) is 5.95. The summed E-state index contributed by atoms with van der Waals surface area (Å²) in [5, 5.41) is 0. The van der Waals surface area contributed by atoms with Gasteiger partial charge in [0.05, 0.1) is 6.04 Å². The standard InChI is InChI=1S/C15H18N2S/c1-18-11-15(17-16)14-9-7-13(8-10-14)12-5-3-2-4-6-12/h2-10,15,17H,11,16H2,1H3. The molecule has 0 spiro atoms. The van der Waals surface area contributed by atoms with E-state index in [4.69, 9.17) is 5.84 Å². The van der Waals surface area contributed by atoms with Crippen LogP contribution in [0.15, 0.2) is 54.6 Å². The van der Waals surface area contributed by atoms with E-state index in [-0.39, 0.29) is 6.04 Å². The molecule has 0 aromatic heterocycles. The highest BCUT2D eigenvalue weighted by Crippen LogP contribution is 2.22. The summed E-state index contributed by atoms with van der Waals surface area (Å²) in [6.45, 7) is 0. The fourth-order valence-electron chi connectivity index (χ4n) is 1.95. The summed E-state index contributed by atoms with van der Waals surface area (Å²) < 4.78 is 0. The van der Waals surface area contributed by atoms with Crippen molar-refractivity contribution < 1.29 is 0 Å². The summed E-state index contributed by atoms with van der Waals surface area (Å²) in [5.74, 6) is 6.55. The molecule has 0 aliphatic carbocycles. The summed E-state index contributed by atoms with van der Waals surface area (Å²) in [5.41, 5.74) is 6.56. The van der Waals surface area contributed by atoms with Gasteiger partial charge in [0.15, 0.2) is 0 Å².